The van der Waals surface area contributed by atoms with E-state index in [-0.39, 0.29) is 17.7 Å². The van der Waals surface area contributed by atoms with Gasteiger partial charge in [-0.3, -0.25) is 0 Å². The Kier molecular flexibility index (Phi) is 5.09. The zero-order chi connectivity index (χ0) is 17.2. The lowest BCUT2D eigenvalue weighted by Crippen LogP contribution is -2.47. The van der Waals surface area contributed by atoms with Gasteiger partial charge in [-0.15, -0.1) is 0 Å². The monoisotopic (exact) mass is 356 g/mol. The number of hydrogen-bond acceptors (Lipinski definition) is 5. The molecule has 1 unspecified atom stereocenters. The summed E-state index contributed by atoms with van der Waals surface area (Å²) in [7, 11) is -1.84. The van der Waals surface area contributed by atoms with Gasteiger partial charge in [0.25, 0.3) is 0 Å². The van der Waals surface area contributed by atoms with E-state index in [0.29, 0.717) is 31.3 Å². The maximum Gasteiger partial charge on any atom is 0.317 e. The standard InChI is InChI=1S/C15H24N4O4S/c1-16-24(21,22)10-11-3-2-6-19(9-11)15(20)18-8-13-7-17-14(23-13)12-4-5-12/h7,11-12,16H,2-6,8-10H2,1H3,(H,18,20). The summed E-state index contributed by atoms with van der Waals surface area (Å²) in [6.07, 6.45) is 5.53. The van der Waals surface area contributed by atoms with Crippen LogP contribution in [0.5, 0.6) is 0 Å². The smallest absolute Gasteiger partial charge is 0.317 e. The van der Waals surface area contributed by atoms with Crippen LogP contribution in [0.1, 0.15) is 43.3 Å². The Hall–Kier alpha value is -1.61. The summed E-state index contributed by atoms with van der Waals surface area (Å²) in [5.74, 6) is 1.88. The molecule has 1 atom stereocenters. The van der Waals surface area contributed by atoms with Gasteiger partial charge in [0.05, 0.1) is 18.5 Å². The molecule has 2 heterocycles. The predicted molar refractivity (Wildman–Crippen MR) is 87.9 cm³/mol. The molecule has 2 amide bonds. The first-order chi connectivity index (χ1) is 11.5. The number of rotatable bonds is 6. The number of carbonyl (C=O) groups excluding carboxylic acids is 1. The summed E-state index contributed by atoms with van der Waals surface area (Å²) in [5, 5.41) is 2.83. The second-order valence-corrected chi connectivity index (χ2v) is 8.51. The highest BCUT2D eigenvalue weighted by atomic mass is 32.2. The Morgan fingerprint density at radius 2 is 2.21 bits per heavy atom. The van der Waals surface area contributed by atoms with E-state index in [1.807, 2.05) is 0 Å². The van der Waals surface area contributed by atoms with Gasteiger partial charge in [0, 0.05) is 19.0 Å². The third-order valence-electron chi connectivity index (χ3n) is 4.48. The highest BCUT2D eigenvalue weighted by Crippen LogP contribution is 2.39. The van der Waals surface area contributed by atoms with Crippen molar-refractivity contribution in [2.75, 3.05) is 25.9 Å². The molecule has 9 heteroatoms. The lowest BCUT2D eigenvalue weighted by atomic mass is 10.0. The van der Waals surface area contributed by atoms with Gasteiger partial charge in [-0.2, -0.15) is 0 Å². The molecule has 1 saturated heterocycles. The highest BCUT2D eigenvalue weighted by molar-refractivity contribution is 7.89. The van der Waals surface area contributed by atoms with Gasteiger partial charge in [-0.05, 0) is 38.6 Å². The Morgan fingerprint density at radius 3 is 2.92 bits per heavy atom. The molecule has 1 aromatic heterocycles. The summed E-state index contributed by atoms with van der Waals surface area (Å²) in [4.78, 5) is 18.2. The van der Waals surface area contributed by atoms with Crippen molar-refractivity contribution in [1.29, 1.82) is 0 Å². The third kappa shape index (κ3) is 4.47. The average molecular weight is 356 g/mol. The van der Waals surface area contributed by atoms with E-state index in [9.17, 15) is 13.2 Å². The van der Waals surface area contributed by atoms with Crippen LogP contribution in [0.25, 0.3) is 0 Å². The minimum atomic E-state index is -3.25. The molecule has 0 spiro atoms. The Labute approximate surface area is 142 Å². The maximum absolute atomic E-state index is 12.3. The van der Waals surface area contributed by atoms with E-state index in [1.54, 1.807) is 11.1 Å². The number of hydrogen-bond donors (Lipinski definition) is 2. The van der Waals surface area contributed by atoms with E-state index < -0.39 is 10.0 Å². The average Bonchev–Trinajstić information content (AvgIpc) is 3.31. The highest BCUT2D eigenvalue weighted by Gasteiger charge is 2.29. The third-order valence-corrected chi connectivity index (χ3v) is 6.02. The Morgan fingerprint density at radius 1 is 1.42 bits per heavy atom. The molecule has 1 saturated carbocycles. The van der Waals surface area contributed by atoms with E-state index in [1.165, 1.54) is 7.05 Å². The number of sulfonamides is 1. The first-order valence-corrected chi connectivity index (χ1v) is 10.0. The van der Waals surface area contributed by atoms with Crippen LogP contribution >= 0.6 is 0 Å². The van der Waals surface area contributed by atoms with E-state index in [0.717, 1.165) is 31.6 Å². The molecule has 8 nitrogen and oxygen atoms in total. The minimum absolute atomic E-state index is 0.0336. The molecule has 24 heavy (non-hydrogen) atoms. The first kappa shape index (κ1) is 17.2. The number of nitrogens with one attached hydrogen (secondary N) is 2. The molecule has 1 aromatic rings. The number of urea groups is 1. The molecular weight excluding hydrogens is 332 g/mol. The van der Waals surface area contributed by atoms with Crippen molar-refractivity contribution in [3.05, 3.63) is 17.8 Å². The quantitative estimate of drug-likeness (QED) is 0.792. The number of piperidine rings is 1. The topological polar surface area (TPSA) is 105 Å². The maximum atomic E-state index is 12.3. The van der Waals surface area contributed by atoms with Gasteiger partial charge in [0.1, 0.15) is 5.76 Å². The van der Waals surface area contributed by atoms with Crippen LogP contribution < -0.4 is 10.0 Å². The Balaban J connectivity index is 1.48. The molecular formula is C15H24N4O4S. The molecule has 3 rings (SSSR count). The van der Waals surface area contributed by atoms with Gasteiger partial charge in [-0.25, -0.2) is 22.9 Å². The molecule has 1 aliphatic heterocycles. The van der Waals surface area contributed by atoms with Crippen molar-refractivity contribution in [1.82, 2.24) is 19.9 Å². The van der Waals surface area contributed by atoms with Crippen LogP contribution in [0.3, 0.4) is 0 Å². The molecule has 2 N–H and O–H groups in total. The van der Waals surface area contributed by atoms with Crippen molar-refractivity contribution in [2.45, 2.75) is 38.1 Å². The van der Waals surface area contributed by atoms with Gasteiger partial charge >= 0.3 is 6.03 Å². The number of likely N-dealkylation sites (tertiary alicyclic amines) is 1. The van der Waals surface area contributed by atoms with Crippen molar-refractivity contribution in [3.63, 3.8) is 0 Å². The fourth-order valence-corrected chi connectivity index (χ4v) is 4.04. The molecule has 2 fully saturated rings. The zero-order valence-corrected chi connectivity index (χ0v) is 14.6. The van der Waals surface area contributed by atoms with Crippen LogP contribution in [0.2, 0.25) is 0 Å². The summed E-state index contributed by atoms with van der Waals surface area (Å²) in [6, 6.07) is -0.189. The lowest BCUT2D eigenvalue weighted by molar-refractivity contribution is 0.169. The van der Waals surface area contributed by atoms with Crippen molar-refractivity contribution >= 4 is 16.1 Å². The van der Waals surface area contributed by atoms with E-state index in [4.69, 9.17) is 4.42 Å². The van der Waals surface area contributed by atoms with E-state index >= 15 is 0 Å². The van der Waals surface area contributed by atoms with Crippen LogP contribution in [0.15, 0.2) is 10.6 Å². The number of nitrogens with zero attached hydrogens (tertiary/aromatic N) is 2. The number of aromatic nitrogens is 1. The molecule has 0 radical (unpaired) electrons. The van der Waals surface area contributed by atoms with Crippen LogP contribution in [0.4, 0.5) is 4.79 Å². The fraction of sp³-hybridized carbons (Fsp3) is 0.733. The second kappa shape index (κ2) is 7.10. The molecule has 0 aromatic carbocycles. The number of carbonyl (C=O) groups is 1. The summed E-state index contributed by atoms with van der Waals surface area (Å²) in [5.41, 5.74) is 0. The van der Waals surface area contributed by atoms with Gasteiger partial charge in [-0.1, -0.05) is 0 Å². The molecule has 134 valence electrons. The first-order valence-electron chi connectivity index (χ1n) is 8.35. The fourth-order valence-electron chi connectivity index (χ4n) is 2.98. The molecule has 1 aliphatic carbocycles. The SMILES string of the molecule is CNS(=O)(=O)CC1CCCN(C(=O)NCc2cnc(C3CC3)o2)C1. The Bertz CT molecular complexity index is 683. The summed E-state index contributed by atoms with van der Waals surface area (Å²) < 4.78 is 31.3. The van der Waals surface area contributed by atoms with Gasteiger partial charge in [0.15, 0.2) is 5.89 Å². The van der Waals surface area contributed by atoms with Gasteiger partial charge in [0.2, 0.25) is 10.0 Å². The largest absolute Gasteiger partial charge is 0.444 e. The van der Waals surface area contributed by atoms with Crippen molar-refractivity contribution in [3.8, 4) is 0 Å². The number of amides is 2. The predicted octanol–water partition coefficient (Wildman–Crippen LogP) is 1.02. The van der Waals surface area contributed by atoms with Gasteiger partial charge < -0.3 is 14.6 Å². The lowest BCUT2D eigenvalue weighted by Gasteiger charge is -2.32. The second-order valence-electron chi connectivity index (χ2n) is 6.54. The molecule has 2 aliphatic rings. The van der Waals surface area contributed by atoms with Crippen LogP contribution in [0, 0.1) is 5.92 Å². The zero-order valence-electron chi connectivity index (χ0n) is 13.8. The molecule has 0 bridgehead atoms. The minimum Gasteiger partial charge on any atom is -0.444 e. The van der Waals surface area contributed by atoms with Crippen molar-refractivity contribution < 1.29 is 17.6 Å². The van der Waals surface area contributed by atoms with E-state index in [2.05, 4.69) is 15.0 Å². The van der Waals surface area contributed by atoms with Crippen molar-refractivity contribution in [2.24, 2.45) is 5.92 Å². The van der Waals surface area contributed by atoms with Crippen LogP contribution in [-0.2, 0) is 16.6 Å². The number of oxazole rings is 1. The normalized spacial score (nSPS) is 21.7. The summed E-state index contributed by atoms with van der Waals surface area (Å²) >= 11 is 0. The van der Waals surface area contributed by atoms with Crippen LogP contribution in [-0.4, -0.2) is 50.2 Å². The summed E-state index contributed by atoms with van der Waals surface area (Å²) in [6.45, 7) is 1.40.